The molecule has 134 valence electrons. The molecule has 2 N–H and O–H groups in total. The van der Waals surface area contributed by atoms with E-state index in [1.807, 2.05) is 48.5 Å². The van der Waals surface area contributed by atoms with Crippen molar-refractivity contribution in [2.45, 2.75) is 18.9 Å². The van der Waals surface area contributed by atoms with Crippen LogP contribution in [0.3, 0.4) is 0 Å². The van der Waals surface area contributed by atoms with Gasteiger partial charge in [0.2, 0.25) is 0 Å². The number of H-pyrrole nitrogens is 1. The summed E-state index contributed by atoms with van der Waals surface area (Å²) in [5.41, 5.74) is 4.35. The highest BCUT2D eigenvalue weighted by molar-refractivity contribution is 6.07. The van der Waals surface area contributed by atoms with Crippen molar-refractivity contribution >= 4 is 27.6 Å². The van der Waals surface area contributed by atoms with Crippen molar-refractivity contribution in [3.05, 3.63) is 77.5 Å². The number of aromatic amines is 1. The Morgan fingerprint density at radius 2 is 1.89 bits per heavy atom. The second-order valence-electron chi connectivity index (χ2n) is 7.10. The zero-order valence-electron chi connectivity index (χ0n) is 15.1. The van der Waals surface area contributed by atoms with Gasteiger partial charge in [0.25, 0.3) is 5.91 Å². The van der Waals surface area contributed by atoms with Gasteiger partial charge in [-0.1, -0.05) is 36.4 Å². The van der Waals surface area contributed by atoms with Crippen LogP contribution in [0, 0.1) is 0 Å². The Bertz CT molecular complexity index is 1170. The van der Waals surface area contributed by atoms with Gasteiger partial charge in [-0.3, -0.25) is 4.79 Å². The van der Waals surface area contributed by atoms with Gasteiger partial charge in [0.1, 0.15) is 5.75 Å². The zero-order valence-corrected chi connectivity index (χ0v) is 15.1. The average Bonchev–Trinajstić information content (AvgIpc) is 3.24. The SMILES string of the molecule is COc1ccc2[nH]c3c(c2c1)CC(NC(=O)c1cccc2ccccc12)C3. The van der Waals surface area contributed by atoms with E-state index in [2.05, 4.69) is 22.4 Å². The molecule has 4 aromatic rings. The highest BCUT2D eigenvalue weighted by atomic mass is 16.5. The lowest BCUT2D eigenvalue weighted by Crippen LogP contribution is -2.35. The lowest BCUT2D eigenvalue weighted by molar-refractivity contribution is 0.0940. The standard InChI is InChI=1S/C23H20N2O2/c1-27-16-9-10-21-20(13-16)19-11-15(12-22(19)25-21)24-23(26)18-8-4-6-14-5-2-3-7-17(14)18/h2-10,13,15,25H,11-12H2,1H3,(H,24,26). The summed E-state index contributed by atoms with van der Waals surface area (Å²) in [6.45, 7) is 0. The summed E-state index contributed by atoms with van der Waals surface area (Å²) in [6.07, 6.45) is 1.65. The fourth-order valence-corrected chi connectivity index (χ4v) is 4.17. The molecule has 27 heavy (non-hydrogen) atoms. The van der Waals surface area contributed by atoms with Gasteiger partial charge in [-0.15, -0.1) is 0 Å². The zero-order chi connectivity index (χ0) is 18.4. The van der Waals surface area contributed by atoms with Crippen LogP contribution >= 0.6 is 0 Å². The van der Waals surface area contributed by atoms with Crippen molar-refractivity contribution in [2.75, 3.05) is 7.11 Å². The molecule has 1 unspecified atom stereocenters. The van der Waals surface area contributed by atoms with Crippen LogP contribution in [0.15, 0.2) is 60.7 Å². The maximum atomic E-state index is 12.9. The summed E-state index contributed by atoms with van der Waals surface area (Å²) < 4.78 is 5.36. The summed E-state index contributed by atoms with van der Waals surface area (Å²) >= 11 is 0. The first-order chi connectivity index (χ1) is 13.2. The summed E-state index contributed by atoms with van der Waals surface area (Å²) in [7, 11) is 1.68. The molecule has 1 heterocycles. The molecule has 4 heteroatoms. The van der Waals surface area contributed by atoms with Gasteiger partial charge in [-0.25, -0.2) is 0 Å². The first-order valence-electron chi connectivity index (χ1n) is 9.19. The van der Waals surface area contributed by atoms with Gasteiger partial charge in [0, 0.05) is 34.6 Å². The molecule has 0 aliphatic heterocycles. The van der Waals surface area contributed by atoms with E-state index >= 15 is 0 Å². The van der Waals surface area contributed by atoms with Crippen molar-refractivity contribution < 1.29 is 9.53 Å². The maximum absolute atomic E-state index is 12.9. The Labute approximate surface area is 157 Å². The van der Waals surface area contributed by atoms with E-state index in [1.165, 1.54) is 16.6 Å². The van der Waals surface area contributed by atoms with Crippen LogP contribution in [0.5, 0.6) is 5.75 Å². The van der Waals surface area contributed by atoms with E-state index in [-0.39, 0.29) is 11.9 Å². The van der Waals surface area contributed by atoms with E-state index in [4.69, 9.17) is 4.74 Å². The van der Waals surface area contributed by atoms with Gasteiger partial charge in [0.05, 0.1) is 7.11 Å². The number of carbonyl (C=O) groups excluding carboxylic acids is 1. The first-order valence-corrected chi connectivity index (χ1v) is 9.19. The monoisotopic (exact) mass is 356 g/mol. The Morgan fingerprint density at radius 1 is 1.04 bits per heavy atom. The molecule has 0 spiro atoms. The Kier molecular flexibility index (Phi) is 3.64. The topological polar surface area (TPSA) is 54.1 Å². The number of rotatable bonds is 3. The lowest BCUT2D eigenvalue weighted by Gasteiger charge is -2.14. The van der Waals surface area contributed by atoms with E-state index in [1.54, 1.807) is 7.11 Å². The minimum Gasteiger partial charge on any atom is -0.497 e. The maximum Gasteiger partial charge on any atom is 0.252 e. The fourth-order valence-electron chi connectivity index (χ4n) is 4.17. The van der Waals surface area contributed by atoms with Gasteiger partial charge in [-0.2, -0.15) is 0 Å². The third-order valence-electron chi connectivity index (χ3n) is 5.47. The van der Waals surface area contributed by atoms with Crippen LogP contribution in [0.1, 0.15) is 21.6 Å². The van der Waals surface area contributed by atoms with Crippen LogP contribution in [-0.4, -0.2) is 24.0 Å². The molecule has 1 amide bonds. The fraction of sp³-hybridized carbons (Fsp3) is 0.174. The summed E-state index contributed by atoms with van der Waals surface area (Å²) in [4.78, 5) is 16.4. The largest absolute Gasteiger partial charge is 0.497 e. The molecule has 0 saturated carbocycles. The van der Waals surface area contributed by atoms with E-state index in [0.717, 1.165) is 40.4 Å². The van der Waals surface area contributed by atoms with Crippen LogP contribution in [0.2, 0.25) is 0 Å². The van der Waals surface area contributed by atoms with E-state index in [0.29, 0.717) is 0 Å². The predicted octanol–water partition coefficient (Wildman–Crippen LogP) is 4.23. The molecule has 1 aliphatic carbocycles. The predicted molar refractivity (Wildman–Crippen MR) is 107 cm³/mol. The molecule has 0 radical (unpaired) electrons. The average molecular weight is 356 g/mol. The normalized spacial score (nSPS) is 15.8. The molecule has 1 aliphatic rings. The molecular formula is C23H20N2O2. The Hall–Kier alpha value is -3.27. The number of hydrogen-bond donors (Lipinski definition) is 2. The van der Waals surface area contributed by atoms with Crippen LogP contribution in [0.25, 0.3) is 21.7 Å². The molecule has 0 saturated heterocycles. The van der Waals surface area contributed by atoms with Gasteiger partial charge >= 0.3 is 0 Å². The number of hydrogen-bond acceptors (Lipinski definition) is 2. The van der Waals surface area contributed by atoms with Crippen molar-refractivity contribution in [3.8, 4) is 5.75 Å². The second-order valence-corrected chi connectivity index (χ2v) is 7.10. The third kappa shape index (κ3) is 2.65. The van der Waals surface area contributed by atoms with E-state index in [9.17, 15) is 4.79 Å². The first kappa shape index (κ1) is 15.9. The molecule has 3 aromatic carbocycles. The minimum atomic E-state index is -0.0103. The summed E-state index contributed by atoms with van der Waals surface area (Å²) in [5.74, 6) is 0.844. The summed E-state index contributed by atoms with van der Waals surface area (Å²) in [6, 6.07) is 20.1. The number of aromatic nitrogens is 1. The number of carbonyl (C=O) groups is 1. The number of benzene rings is 3. The second kappa shape index (κ2) is 6.16. The molecule has 4 nitrogen and oxygen atoms in total. The molecule has 1 aromatic heterocycles. The summed E-state index contributed by atoms with van der Waals surface area (Å²) in [5, 5.41) is 6.48. The molecule has 0 fully saturated rings. The van der Waals surface area contributed by atoms with E-state index < -0.39 is 0 Å². The van der Waals surface area contributed by atoms with Gasteiger partial charge < -0.3 is 15.0 Å². The lowest BCUT2D eigenvalue weighted by atomic mass is 10.0. The third-order valence-corrected chi connectivity index (χ3v) is 5.47. The van der Waals surface area contributed by atoms with Gasteiger partial charge in [-0.05, 0) is 47.0 Å². The Balaban J connectivity index is 1.41. The minimum absolute atomic E-state index is 0.0103. The van der Waals surface area contributed by atoms with Crippen molar-refractivity contribution in [2.24, 2.45) is 0 Å². The van der Waals surface area contributed by atoms with Crippen LogP contribution in [0.4, 0.5) is 0 Å². The van der Waals surface area contributed by atoms with Crippen molar-refractivity contribution in [1.82, 2.24) is 10.3 Å². The van der Waals surface area contributed by atoms with Gasteiger partial charge in [0.15, 0.2) is 0 Å². The highest BCUT2D eigenvalue weighted by Gasteiger charge is 2.27. The molecular weight excluding hydrogens is 336 g/mol. The molecule has 1 atom stereocenters. The Morgan fingerprint density at radius 3 is 2.78 bits per heavy atom. The van der Waals surface area contributed by atoms with Crippen molar-refractivity contribution in [1.29, 1.82) is 0 Å². The number of methoxy groups -OCH3 is 1. The van der Waals surface area contributed by atoms with Crippen LogP contribution < -0.4 is 10.1 Å². The number of nitrogens with one attached hydrogen (secondary N) is 2. The van der Waals surface area contributed by atoms with Crippen molar-refractivity contribution in [3.63, 3.8) is 0 Å². The quantitative estimate of drug-likeness (QED) is 0.577. The number of fused-ring (bicyclic) bond motifs is 4. The highest BCUT2D eigenvalue weighted by Crippen LogP contribution is 2.32. The van der Waals surface area contributed by atoms with Crippen LogP contribution in [-0.2, 0) is 12.8 Å². The molecule has 0 bridgehead atoms. The molecule has 5 rings (SSSR count). The number of ether oxygens (including phenoxy) is 1. The smallest absolute Gasteiger partial charge is 0.252 e. The number of amides is 1.